The quantitative estimate of drug-likeness (QED) is 0.529. The van der Waals surface area contributed by atoms with Crippen molar-refractivity contribution in [1.82, 2.24) is 0 Å². The molecule has 0 spiro atoms. The van der Waals surface area contributed by atoms with Crippen LogP contribution in [0.2, 0.25) is 19.1 Å². The van der Waals surface area contributed by atoms with E-state index in [-0.39, 0.29) is 17.0 Å². The molecule has 0 aliphatic carbocycles. The van der Waals surface area contributed by atoms with Gasteiger partial charge in [0.25, 0.3) is 0 Å². The molecule has 0 aromatic heterocycles. The molecule has 0 amide bonds. The molecule has 0 bridgehead atoms. The monoisotopic (exact) mass is 352 g/mol. The van der Waals surface area contributed by atoms with Gasteiger partial charge >= 0.3 is 0 Å². The molecule has 0 aromatic carbocycles. The third-order valence-corrected chi connectivity index (χ3v) is 8.89. The van der Waals surface area contributed by atoms with E-state index in [1.165, 1.54) is 17.4 Å². The predicted octanol–water partition coefficient (Wildman–Crippen LogP) is 3.99. The molecular weight excluding hydrogens is 340 g/mol. The molecule has 0 atom stereocenters. The van der Waals surface area contributed by atoms with Gasteiger partial charge in [0.1, 0.15) is 0 Å². The summed E-state index contributed by atoms with van der Waals surface area (Å²) in [5, 5.41) is 1.16. The number of hydrogen-bond acceptors (Lipinski definition) is 0. The Hall–Kier alpha value is 1.66. The van der Waals surface area contributed by atoms with E-state index < -0.39 is 8.07 Å². The van der Waals surface area contributed by atoms with Crippen molar-refractivity contribution in [3.05, 3.63) is 0 Å². The Balaban J connectivity index is 0. The second kappa shape index (κ2) is 7.31. The third-order valence-electron chi connectivity index (χ3n) is 1.35. The van der Waals surface area contributed by atoms with E-state index in [2.05, 4.69) is 45.0 Å². The average molecular weight is 355 g/mol. The summed E-state index contributed by atoms with van der Waals surface area (Å²) in [5.41, 5.74) is 0. The molecule has 0 radical (unpaired) electrons. The molecule has 64 valence electrons. The Labute approximate surface area is 92.2 Å². The lowest BCUT2D eigenvalue weighted by Gasteiger charge is -2.17. The van der Waals surface area contributed by atoms with E-state index >= 15 is 0 Å². The van der Waals surface area contributed by atoms with Crippen LogP contribution < -0.4 is 0 Å². The van der Waals surface area contributed by atoms with Gasteiger partial charge in [-0.2, -0.15) is 0 Å². The van der Waals surface area contributed by atoms with Crippen molar-refractivity contribution in [1.29, 1.82) is 0 Å². The molecule has 0 fully saturated rings. The highest BCUT2D eigenvalue weighted by molar-refractivity contribution is 9.09. The average Bonchev–Trinajstić information content (AvgIpc) is 1.84. The molecule has 0 rings (SSSR count). The van der Waals surface area contributed by atoms with Crippen LogP contribution in [0.4, 0.5) is 0 Å². The van der Waals surface area contributed by atoms with Crippen molar-refractivity contribution >= 4 is 56.9 Å². The summed E-state index contributed by atoms with van der Waals surface area (Å²) < 4.78 is 0. The molecule has 0 aliphatic rings. The fourth-order valence-electron chi connectivity index (χ4n) is 0.612. The zero-order valence-corrected chi connectivity index (χ0v) is 12.4. The van der Waals surface area contributed by atoms with Crippen molar-refractivity contribution in [2.75, 3.05) is 10.3 Å². The van der Waals surface area contributed by atoms with Crippen LogP contribution in [0.1, 0.15) is 6.42 Å². The summed E-state index contributed by atoms with van der Waals surface area (Å²) in [4.78, 5) is 1.24. The Bertz CT molecular complexity index is 75.4. The van der Waals surface area contributed by atoms with Gasteiger partial charge in [-0.05, 0) is 11.4 Å². The van der Waals surface area contributed by atoms with Gasteiger partial charge in [0.2, 0.25) is 0 Å². The van der Waals surface area contributed by atoms with Crippen LogP contribution >= 0.6 is 48.8 Å². The first-order valence-corrected chi connectivity index (χ1v) is 8.90. The van der Waals surface area contributed by atoms with E-state index in [0.29, 0.717) is 0 Å². The zero-order chi connectivity index (χ0) is 7.33. The number of hydrogen-bond donors (Lipinski definition) is 0. The minimum absolute atomic E-state index is 0. The third kappa shape index (κ3) is 7.76. The lowest BCUT2D eigenvalue weighted by atomic mass is 10.6. The maximum atomic E-state index is 3.55. The molecule has 4 heteroatoms. The summed E-state index contributed by atoms with van der Waals surface area (Å²) in [6, 6.07) is 1.43. The highest BCUT2D eigenvalue weighted by atomic mass is 79.9. The Morgan fingerprint density at radius 2 is 1.70 bits per heavy atom. The van der Waals surface area contributed by atoms with Crippen molar-refractivity contribution in [3.8, 4) is 0 Å². The van der Waals surface area contributed by atoms with Crippen LogP contribution in [0, 0.1) is 0 Å². The molecular formula is C6H15Br3Si. The van der Waals surface area contributed by atoms with Gasteiger partial charge in [-0.15, -0.1) is 17.0 Å². The standard InChI is InChI=1S/C6H14Br2Si.BrH/c1-9(2,6-8)5-3-4-7;/h3-6H2,1-2H3;1H. The van der Waals surface area contributed by atoms with Crippen LogP contribution in [0.15, 0.2) is 0 Å². The van der Waals surface area contributed by atoms with Crippen LogP contribution in [-0.4, -0.2) is 18.4 Å². The van der Waals surface area contributed by atoms with Gasteiger partial charge in [-0.1, -0.05) is 51.0 Å². The Morgan fingerprint density at radius 1 is 1.20 bits per heavy atom. The van der Waals surface area contributed by atoms with Gasteiger partial charge in [0.15, 0.2) is 0 Å². The molecule has 0 heterocycles. The van der Waals surface area contributed by atoms with Crippen LogP contribution in [-0.2, 0) is 0 Å². The van der Waals surface area contributed by atoms with Crippen LogP contribution in [0.25, 0.3) is 0 Å². The number of alkyl halides is 2. The van der Waals surface area contributed by atoms with E-state index in [1.54, 1.807) is 0 Å². The largest absolute Gasteiger partial charge is 0.114 e. The van der Waals surface area contributed by atoms with Crippen LogP contribution in [0.3, 0.4) is 0 Å². The van der Waals surface area contributed by atoms with Crippen molar-refractivity contribution < 1.29 is 0 Å². The first kappa shape index (κ1) is 14.2. The summed E-state index contributed by atoms with van der Waals surface area (Å²) in [5.74, 6) is 0. The highest BCUT2D eigenvalue weighted by Gasteiger charge is 2.17. The fourth-order valence-corrected chi connectivity index (χ4v) is 3.52. The van der Waals surface area contributed by atoms with Crippen molar-refractivity contribution in [2.45, 2.75) is 25.6 Å². The lowest BCUT2D eigenvalue weighted by molar-refractivity contribution is 1.07. The molecule has 0 aromatic rings. The van der Waals surface area contributed by atoms with Crippen molar-refractivity contribution in [2.24, 2.45) is 0 Å². The summed E-state index contributed by atoms with van der Waals surface area (Å²) >= 11 is 6.99. The maximum absolute atomic E-state index is 3.55. The molecule has 0 aliphatic heterocycles. The number of halogens is 3. The van der Waals surface area contributed by atoms with Gasteiger partial charge in [-0.3, -0.25) is 0 Å². The van der Waals surface area contributed by atoms with Crippen LogP contribution in [0.5, 0.6) is 0 Å². The van der Waals surface area contributed by atoms with E-state index in [1.807, 2.05) is 0 Å². The molecule has 0 nitrogen and oxygen atoms in total. The fraction of sp³-hybridized carbons (Fsp3) is 1.00. The lowest BCUT2D eigenvalue weighted by Crippen LogP contribution is -2.27. The van der Waals surface area contributed by atoms with E-state index in [9.17, 15) is 0 Å². The topological polar surface area (TPSA) is 0 Å². The van der Waals surface area contributed by atoms with Gasteiger partial charge in [-0.25, -0.2) is 0 Å². The summed E-state index contributed by atoms with van der Waals surface area (Å²) in [6.45, 7) is 4.84. The number of rotatable bonds is 4. The first-order valence-electron chi connectivity index (χ1n) is 3.24. The van der Waals surface area contributed by atoms with Gasteiger partial charge in [0, 0.05) is 5.33 Å². The Morgan fingerprint density at radius 3 is 2.00 bits per heavy atom. The normalized spacial score (nSPS) is 10.8. The molecule has 10 heavy (non-hydrogen) atoms. The maximum Gasteiger partial charge on any atom is 0.0587 e. The minimum atomic E-state index is -0.812. The van der Waals surface area contributed by atoms with Gasteiger partial charge < -0.3 is 0 Å². The SMILES string of the molecule is Br.C[Si](C)(CBr)CCCBr. The van der Waals surface area contributed by atoms with E-state index in [0.717, 1.165) is 5.33 Å². The van der Waals surface area contributed by atoms with E-state index in [4.69, 9.17) is 0 Å². The smallest absolute Gasteiger partial charge is 0.0587 e. The highest BCUT2D eigenvalue weighted by Crippen LogP contribution is 2.14. The van der Waals surface area contributed by atoms with Crippen molar-refractivity contribution in [3.63, 3.8) is 0 Å². The molecule has 0 unspecified atom stereocenters. The van der Waals surface area contributed by atoms with Gasteiger partial charge in [0.05, 0.1) is 8.07 Å². The summed E-state index contributed by atoms with van der Waals surface area (Å²) in [6.07, 6.45) is 1.34. The first-order chi connectivity index (χ1) is 4.12. The molecule has 0 N–H and O–H groups in total. The Kier molecular flexibility index (Phi) is 10.4. The second-order valence-corrected chi connectivity index (χ2v) is 10.7. The molecule has 0 saturated heterocycles. The predicted molar refractivity (Wildman–Crippen MR) is 64.8 cm³/mol. The summed E-state index contributed by atoms with van der Waals surface area (Å²) in [7, 11) is -0.812. The molecule has 0 saturated carbocycles. The second-order valence-electron chi connectivity index (χ2n) is 3.09. The minimum Gasteiger partial charge on any atom is -0.114 e. The zero-order valence-electron chi connectivity index (χ0n) is 6.49.